The van der Waals surface area contributed by atoms with E-state index in [0.29, 0.717) is 5.92 Å². The molecule has 0 rings (SSSR count). The van der Waals surface area contributed by atoms with Gasteiger partial charge in [0.2, 0.25) is 0 Å². The van der Waals surface area contributed by atoms with Crippen LogP contribution in [0, 0.1) is 5.92 Å². The molecule has 3 nitrogen and oxygen atoms in total. The highest BCUT2D eigenvalue weighted by atomic mass is 28.4. The molecule has 0 aliphatic heterocycles. The van der Waals surface area contributed by atoms with Gasteiger partial charge in [0.1, 0.15) is 0 Å². The molecule has 2 atom stereocenters. The van der Waals surface area contributed by atoms with E-state index in [2.05, 4.69) is 47.6 Å². The largest absolute Gasteiger partial charge is 0.466 e. The summed E-state index contributed by atoms with van der Waals surface area (Å²) in [5.41, 5.74) is 0.776. The van der Waals surface area contributed by atoms with Gasteiger partial charge in [-0.15, -0.1) is 0 Å². The summed E-state index contributed by atoms with van der Waals surface area (Å²) >= 11 is 0. The number of ether oxygens (including phenoxy) is 1. The second-order valence-electron chi connectivity index (χ2n) is 10.0. The molecule has 196 valence electrons. The molecule has 0 saturated heterocycles. The first-order valence-corrected chi connectivity index (χ1v) is 16.9. The number of esters is 1. The number of hydrogen-bond acceptors (Lipinski definition) is 3. The summed E-state index contributed by atoms with van der Waals surface area (Å²) in [6.07, 6.45) is 19.9. The fourth-order valence-corrected chi connectivity index (χ4v) is 7.76. The summed E-state index contributed by atoms with van der Waals surface area (Å²) < 4.78 is 12.1. The van der Waals surface area contributed by atoms with Crippen LogP contribution in [0.25, 0.3) is 0 Å². The van der Waals surface area contributed by atoms with Gasteiger partial charge < -0.3 is 9.16 Å². The van der Waals surface area contributed by atoms with Gasteiger partial charge in [-0.1, -0.05) is 118 Å². The van der Waals surface area contributed by atoms with Gasteiger partial charge in [0.15, 0.2) is 8.32 Å². The number of hydrogen-bond donors (Lipinski definition) is 0. The molecular weight excluding hydrogens is 424 g/mol. The SMILES string of the molecule is CCCCCCCCCCCCC/C=C(/C(=O)OC)C(O[Si](CC)(CC)CC)C(C)CCC. The summed E-state index contributed by atoms with van der Waals surface area (Å²) in [4.78, 5) is 12.8. The Morgan fingerprint density at radius 3 is 1.67 bits per heavy atom. The highest BCUT2D eigenvalue weighted by Gasteiger charge is 2.37. The molecule has 0 radical (unpaired) electrons. The van der Waals surface area contributed by atoms with Crippen LogP contribution in [0.1, 0.15) is 131 Å². The van der Waals surface area contributed by atoms with Crippen LogP contribution in [-0.4, -0.2) is 27.5 Å². The van der Waals surface area contributed by atoms with E-state index in [0.717, 1.165) is 49.4 Å². The van der Waals surface area contributed by atoms with Crippen molar-refractivity contribution in [2.24, 2.45) is 5.92 Å². The van der Waals surface area contributed by atoms with Crippen molar-refractivity contribution in [3.63, 3.8) is 0 Å². The lowest BCUT2D eigenvalue weighted by molar-refractivity contribution is -0.137. The van der Waals surface area contributed by atoms with E-state index in [4.69, 9.17) is 9.16 Å². The van der Waals surface area contributed by atoms with Crippen molar-refractivity contribution in [2.75, 3.05) is 7.11 Å². The number of carbonyl (C=O) groups excluding carboxylic acids is 1. The maximum absolute atomic E-state index is 12.8. The lowest BCUT2D eigenvalue weighted by Crippen LogP contribution is -2.44. The molecule has 33 heavy (non-hydrogen) atoms. The van der Waals surface area contributed by atoms with E-state index in [-0.39, 0.29) is 12.1 Å². The highest BCUT2D eigenvalue weighted by Crippen LogP contribution is 2.31. The van der Waals surface area contributed by atoms with Gasteiger partial charge in [0.25, 0.3) is 0 Å². The van der Waals surface area contributed by atoms with Crippen molar-refractivity contribution in [3.05, 3.63) is 11.6 Å². The van der Waals surface area contributed by atoms with Crippen molar-refractivity contribution in [1.29, 1.82) is 0 Å². The van der Waals surface area contributed by atoms with Gasteiger partial charge in [0.05, 0.1) is 18.8 Å². The molecule has 0 saturated carbocycles. The van der Waals surface area contributed by atoms with Crippen molar-refractivity contribution in [3.8, 4) is 0 Å². The second kappa shape index (κ2) is 20.7. The molecule has 0 amide bonds. The van der Waals surface area contributed by atoms with E-state index >= 15 is 0 Å². The predicted octanol–water partition coefficient (Wildman–Crippen LogP) is 9.61. The van der Waals surface area contributed by atoms with Crippen molar-refractivity contribution >= 4 is 14.3 Å². The van der Waals surface area contributed by atoms with E-state index < -0.39 is 8.32 Å². The summed E-state index contributed by atoms with van der Waals surface area (Å²) in [5, 5.41) is 0. The van der Waals surface area contributed by atoms with Crippen LogP contribution in [-0.2, 0) is 14.0 Å². The van der Waals surface area contributed by atoms with E-state index in [9.17, 15) is 4.79 Å². The summed E-state index contributed by atoms with van der Waals surface area (Å²) in [6.45, 7) is 13.5. The van der Waals surface area contributed by atoms with Crippen LogP contribution in [0.15, 0.2) is 11.6 Å². The Hall–Kier alpha value is -0.613. The van der Waals surface area contributed by atoms with E-state index in [1.54, 1.807) is 0 Å². The Morgan fingerprint density at radius 1 is 0.758 bits per heavy atom. The third-order valence-electron chi connectivity index (χ3n) is 7.47. The number of unbranched alkanes of at least 4 members (excludes halogenated alkanes) is 11. The van der Waals surface area contributed by atoms with Gasteiger partial charge in [0, 0.05) is 0 Å². The zero-order chi connectivity index (χ0) is 25.0. The monoisotopic (exact) mass is 482 g/mol. The average Bonchev–Trinajstić information content (AvgIpc) is 2.83. The zero-order valence-corrected chi connectivity index (χ0v) is 24.5. The number of allylic oxidation sites excluding steroid dienone is 1. The minimum absolute atomic E-state index is 0.128. The van der Waals surface area contributed by atoms with Gasteiger partial charge in [-0.25, -0.2) is 4.79 Å². The van der Waals surface area contributed by atoms with Crippen LogP contribution >= 0.6 is 0 Å². The molecule has 0 aromatic rings. The second-order valence-corrected chi connectivity index (χ2v) is 14.7. The number of carbonyl (C=O) groups is 1. The van der Waals surface area contributed by atoms with Crippen LogP contribution < -0.4 is 0 Å². The lowest BCUT2D eigenvalue weighted by Gasteiger charge is -2.36. The number of rotatable bonds is 22. The molecule has 0 heterocycles. The molecule has 0 bridgehead atoms. The molecule has 0 aliphatic carbocycles. The standard InChI is InChI=1S/C29H58O3Si/c1-8-13-14-15-16-17-18-19-20-21-22-23-25-27(29(30)31-7)28(26(6)24-9-2)32-33(10-3,11-4)12-5/h25-26,28H,8-24H2,1-7H3/b27-25+. The Balaban J connectivity index is 4.85. The van der Waals surface area contributed by atoms with Crippen molar-refractivity contribution < 1.29 is 14.0 Å². The fourth-order valence-electron chi connectivity index (χ4n) is 4.86. The van der Waals surface area contributed by atoms with Crippen molar-refractivity contribution in [1.82, 2.24) is 0 Å². The predicted molar refractivity (Wildman–Crippen MR) is 147 cm³/mol. The fraction of sp³-hybridized carbons (Fsp3) is 0.897. The Kier molecular flexibility index (Phi) is 20.3. The highest BCUT2D eigenvalue weighted by molar-refractivity contribution is 6.73. The molecule has 0 spiro atoms. The van der Waals surface area contributed by atoms with Crippen LogP contribution in [0.4, 0.5) is 0 Å². The summed E-state index contributed by atoms with van der Waals surface area (Å²) in [7, 11) is -0.322. The van der Waals surface area contributed by atoms with Gasteiger partial charge in [-0.3, -0.25) is 0 Å². The van der Waals surface area contributed by atoms with Gasteiger partial charge >= 0.3 is 5.97 Å². The molecule has 4 heteroatoms. The Labute approximate surface area is 208 Å². The maximum atomic E-state index is 12.8. The number of methoxy groups -OCH3 is 1. The lowest BCUT2D eigenvalue weighted by atomic mass is 9.92. The van der Waals surface area contributed by atoms with Crippen LogP contribution in [0.5, 0.6) is 0 Å². The third kappa shape index (κ3) is 13.8. The van der Waals surface area contributed by atoms with Crippen LogP contribution in [0.2, 0.25) is 18.1 Å². The normalized spacial score (nSPS) is 14.3. The minimum Gasteiger partial charge on any atom is -0.466 e. The van der Waals surface area contributed by atoms with E-state index in [1.165, 1.54) is 71.3 Å². The Bertz CT molecular complexity index is 491. The first-order chi connectivity index (χ1) is 15.9. The molecule has 2 unspecified atom stereocenters. The van der Waals surface area contributed by atoms with E-state index in [1.807, 2.05) is 0 Å². The molecule has 0 aliphatic rings. The Morgan fingerprint density at radius 2 is 1.24 bits per heavy atom. The maximum Gasteiger partial charge on any atom is 0.336 e. The first kappa shape index (κ1) is 32.4. The topological polar surface area (TPSA) is 35.5 Å². The quantitative estimate of drug-likeness (QED) is 0.0666. The zero-order valence-electron chi connectivity index (χ0n) is 23.5. The van der Waals surface area contributed by atoms with Crippen LogP contribution in [0.3, 0.4) is 0 Å². The smallest absolute Gasteiger partial charge is 0.336 e. The molecule has 0 N–H and O–H groups in total. The summed E-state index contributed by atoms with van der Waals surface area (Å²) in [6, 6.07) is 3.30. The minimum atomic E-state index is -1.83. The van der Waals surface area contributed by atoms with Gasteiger partial charge in [-0.05, 0) is 43.3 Å². The molecule has 0 fully saturated rings. The molecule has 0 aromatic heterocycles. The van der Waals surface area contributed by atoms with Crippen molar-refractivity contribution in [2.45, 2.75) is 156 Å². The first-order valence-electron chi connectivity index (χ1n) is 14.4. The van der Waals surface area contributed by atoms with Gasteiger partial charge in [-0.2, -0.15) is 0 Å². The molecule has 0 aromatic carbocycles. The molecular formula is C29H58O3Si. The third-order valence-corrected chi connectivity index (χ3v) is 12.1. The average molecular weight is 483 g/mol. The summed E-state index contributed by atoms with van der Waals surface area (Å²) in [5.74, 6) is 0.131.